The average molecular weight is 444 g/mol. The number of anilines is 2. The van der Waals surface area contributed by atoms with Gasteiger partial charge in [0, 0.05) is 23.3 Å². The van der Waals surface area contributed by atoms with Crippen LogP contribution in [0.15, 0.2) is 71.1 Å². The van der Waals surface area contributed by atoms with Crippen LogP contribution in [0.5, 0.6) is 5.75 Å². The molecule has 1 heterocycles. The Kier molecular flexibility index (Phi) is 6.86. The number of hydrogen-bond donors (Lipinski definition) is 2. The van der Waals surface area contributed by atoms with Crippen LogP contribution in [-0.4, -0.2) is 25.4 Å². The minimum Gasteiger partial charge on any atom is -0.491 e. The highest BCUT2D eigenvalue weighted by atomic mass is 32.2. The van der Waals surface area contributed by atoms with E-state index in [1.54, 1.807) is 11.5 Å². The summed E-state index contributed by atoms with van der Waals surface area (Å²) >= 11 is 1.19. The lowest BCUT2D eigenvalue weighted by molar-refractivity contribution is -0.111. The van der Waals surface area contributed by atoms with Gasteiger partial charge in [-0.05, 0) is 61.9 Å². The largest absolute Gasteiger partial charge is 0.491 e. The summed E-state index contributed by atoms with van der Waals surface area (Å²) < 4.78 is 32.7. The van der Waals surface area contributed by atoms with Crippen molar-refractivity contribution in [3.05, 3.63) is 71.7 Å². The van der Waals surface area contributed by atoms with Gasteiger partial charge in [-0.25, -0.2) is 13.4 Å². The second-order valence-electron chi connectivity index (χ2n) is 6.53. The molecule has 0 unspecified atom stereocenters. The van der Waals surface area contributed by atoms with Crippen LogP contribution in [0.2, 0.25) is 0 Å². The van der Waals surface area contributed by atoms with E-state index >= 15 is 0 Å². The van der Waals surface area contributed by atoms with Crippen LogP contribution in [0.3, 0.4) is 0 Å². The Hall–Kier alpha value is -3.17. The summed E-state index contributed by atoms with van der Waals surface area (Å²) in [6.07, 6.45) is 4.67. The van der Waals surface area contributed by atoms with Crippen LogP contribution < -0.4 is 14.8 Å². The third-order valence-corrected chi connectivity index (χ3v) is 5.92. The molecule has 0 saturated carbocycles. The first-order chi connectivity index (χ1) is 14.3. The fraction of sp³-hybridized carbons (Fsp3) is 0.143. The summed E-state index contributed by atoms with van der Waals surface area (Å²) in [7, 11) is -3.73. The van der Waals surface area contributed by atoms with Gasteiger partial charge in [-0.15, -0.1) is 11.3 Å². The molecule has 0 atom stereocenters. The molecule has 0 spiro atoms. The number of nitrogens with one attached hydrogen (secondary N) is 2. The SMILES string of the molecule is CC(C)Oc1cccc(/C=C/C(=O)Nc2ccc(S(=O)(=O)Nc3nccs3)cc2)c1. The monoisotopic (exact) mass is 443 g/mol. The number of carbonyl (C=O) groups excluding carboxylic acids is 1. The summed E-state index contributed by atoms with van der Waals surface area (Å²) in [5, 5.41) is 4.67. The van der Waals surface area contributed by atoms with Gasteiger partial charge in [-0.1, -0.05) is 12.1 Å². The molecular formula is C21H21N3O4S2. The fourth-order valence-electron chi connectivity index (χ4n) is 2.48. The second kappa shape index (κ2) is 9.55. The average Bonchev–Trinajstić information content (AvgIpc) is 3.19. The molecule has 3 aromatic rings. The second-order valence-corrected chi connectivity index (χ2v) is 9.11. The Morgan fingerprint density at radius 1 is 1.17 bits per heavy atom. The number of nitrogens with zero attached hydrogens (tertiary/aromatic N) is 1. The van der Waals surface area contributed by atoms with Crippen molar-refractivity contribution in [3.8, 4) is 5.75 Å². The van der Waals surface area contributed by atoms with E-state index in [1.807, 2.05) is 38.1 Å². The molecule has 0 aliphatic heterocycles. The predicted molar refractivity (Wildman–Crippen MR) is 119 cm³/mol. The van der Waals surface area contributed by atoms with E-state index in [0.717, 1.165) is 11.3 Å². The summed E-state index contributed by atoms with van der Waals surface area (Å²) in [5.41, 5.74) is 1.31. The molecule has 9 heteroatoms. The smallest absolute Gasteiger partial charge is 0.263 e. The molecule has 2 N–H and O–H groups in total. The fourth-order valence-corrected chi connectivity index (χ4v) is 4.27. The standard InChI is InChI=1S/C21H21N3O4S2/c1-15(2)28-18-5-3-4-16(14-18)6-11-20(25)23-17-7-9-19(10-8-17)30(26,27)24-21-22-12-13-29-21/h3-15H,1-2H3,(H,22,24)(H,23,25)/b11-6+. The van der Waals surface area contributed by atoms with Crippen LogP contribution in [0, 0.1) is 0 Å². The van der Waals surface area contributed by atoms with Gasteiger partial charge in [-0.2, -0.15) is 0 Å². The van der Waals surface area contributed by atoms with Crippen LogP contribution in [-0.2, 0) is 14.8 Å². The van der Waals surface area contributed by atoms with E-state index in [9.17, 15) is 13.2 Å². The first kappa shape index (κ1) is 21.5. The highest BCUT2D eigenvalue weighted by molar-refractivity contribution is 7.93. The highest BCUT2D eigenvalue weighted by Gasteiger charge is 2.15. The third-order valence-electron chi connectivity index (χ3n) is 3.74. The van der Waals surface area contributed by atoms with Gasteiger partial charge in [0.1, 0.15) is 5.75 Å². The molecule has 0 radical (unpaired) electrons. The zero-order valence-corrected chi connectivity index (χ0v) is 18.0. The minimum absolute atomic E-state index is 0.0658. The van der Waals surface area contributed by atoms with Crippen molar-refractivity contribution in [3.63, 3.8) is 0 Å². The number of hydrogen-bond acceptors (Lipinski definition) is 6. The number of benzene rings is 2. The number of aromatic nitrogens is 1. The van der Waals surface area contributed by atoms with Crippen molar-refractivity contribution in [2.24, 2.45) is 0 Å². The van der Waals surface area contributed by atoms with E-state index in [4.69, 9.17) is 4.74 Å². The lowest BCUT2D eigenvalue weighted by atomic mass is 10.2. The molecule has 30 heavy (non-hydrogen) atoms. The van der Waals surface area contributed by atoms with E-state index in [0.29, 0.717) is 10.8 Å². The molecule has 0 aliphatic rings. The molecule has 0 bridgehead atoms. The predicted octanol–water partition coefficient (Wildman–Crippen LogP) is 4.38. The molecule has 2 aromatic carbocycles. The highest BCUT2D eigenvalue weighted by Crippen LogP contribution is 2.20. The third kappa shape index (κ3) is 6.16. The molecule has 156 valence electrons. The summed E-state index contributed by atoms with van der Waals surface area (Å²) in [5.74, 6) is 0.400. The number of rotatable bonds is 8. The number of carbonyl (C=O) groups is 1. The Balaban J connectivity index is 1.61. The normalized spacial score (nSPS) is 11.6. The van der Waals surface area contributed by atoms with E-state index in [1.165, 1.54) is 47.9 Å². The maximum absolute atomic E-state index is 12.3. The van der Waals surface area contributed by atoms with Gasteiger partial charge in [0.25, 0.3) is 10.0 Å². The van der Waals surface area contributed by atoms with Gasteiger partial charge >= 0.3 is 0 Å². The lowest BCUT2D eigenvalue weighted by Crippen LogP contribution is -2.13. The van der Waals surface area contributed by atoms with Crippen molar-refractivity contribution in [2.75, 3.05) is 10.0 Å². The minimum atomic E-state index is -3.73. The van der Waals surface area contributed by atoms with Crippen LogP contribution in [0.4, 0.5) is 10.8 Å². The van der Waals surface area contributed by atoms with Crippen molar-refractivity contribution >= 4 is 44.2 Å². The summed E-state index contributed by atoms with van der Waals surface area (Å²) in [6, 6.07) is 13.3. The Morgan fingerprint density at radius 3 is 2.60 bits per heavy atom. The van der Waals surface area contributed by atoms with Crippen molar-refractivity contribution in [2.45, 2.75) is 24.8 Å². The zero-order valence-electron chi connectivity index (χ0n) is 16.4. The molecule has 1 aromatic heterocycles. The quantitative estimate of drug-likeness (QED) is 0.504. The van der Waals surface area contributed by atoms with E-state index in [-0.39, 0.29) is 16.9 Å². The number of amides is 1. The molecule has 0 saturated heterocycles. The number of thiazole rings is 1. The van der Waals surface area contributed by atoms with Gasteiger partial charge in [0.2, 0.25) is 5.91 Å². The van der Waals surface area contributed by atoms with Gasteiger partial charge in [-0.3, -0.25) is 9.52 Å². The molecule has 0 aliphatic carbocycles. The van der Waals surface area contributed by atoms with Gasteiger partial charge in [0.15, 0.2) is 5.13 Å². The Labute approximate surface area is 179 Å². The van der Waals surface area contributed by atoms with Crippen LogP contribution in [0.25, 0.3) is 6.08 Å². The summed E-state index contributed by atoms with van der Waals surface area (Å²) in [4.78, 5) is 16.2. The number of sulfonamides is 1. The van der Waals surface area contributed by atoms with Crippen molar-refractivity contribution < 1.29 is 17.9 Å². The van der Waals surface area contributed by atoms with Crippen molar-refractivity contribution in [1.29, 1.82) is 0 Å². The zero-order chi connectivity index (χ0) is 21.6. The molecular weight excluding hydrogens is 422 g/mol. The van der Waals surface area contributed by atoms with Crippen molar-refractivity contribution in [1.82, 2.24) is 4.98 Å². The van der Waals surface area contributed by atoms with E-state index < -0.39 is 10.0 Å². The molecule has 7 nitrogen and oxygen atoms in total. The Morgan fingerprint density at radius 2 is 1.93 bits per heavy atom. The maximum Gasteiger partial charge on any atom is 0.263 e. The molecule has 3 rings (SSSR count). The molecule has 0 fully saturated rings. The lowest BCUT2D eigenvalue weighted by Gasteiger charge is -2.09. The topological polar surface area (TPSA) is 97.4 Å². The first-order valence-corrected chi connectivity index (χ1v) is 11.5. The molecule has 1 amide bonds. The van der Waals surface area contributed by atoms with Gasteiger partial charge < -0.3 is 10.1 Å². The number of ether oxygens (including phenoxy) is 1. The van der Waals surface area contributed by atoms with Crippen LogP contribution in [0.1, 0.15) is 19.4 Å². The van der Waals surface area contributed by atoms with Crippen LogP contribution >= 0.6 is 11.3 Å². The van der Waals surface area contributed by atoms with E-state index in [2.05, 4.69) is 15.0 Å². The maximum atomic E-state index is 12.3. The van der Waals surface area contributed by atoms with Gasteiger partial charge in [0.05, 0.1) is 11.0 Å². The first-order valence-electron chi connectivity index (χ1n) is 9.10. The summed E-state index contributed by atoms with van der Waals surface area (Å²) in [6.45, 7) is 3.89. The Bertz CT molecular complexity index is 1120.